The molecule has 1 aromatic rings. The number of hydrogen-bond acceptors (Lipinski definition) is 0. The molecular weight excluding hydrogens is 250 g/mol. The predicted molar refractivity (Wildman–Crippen MR) is 40.2 cm³/mol. The molecule has 0 N–H and O–H groups in total. The second-order valence-corrected chi connectivity index (χ2v) is 3.01. The molecule has 7 heteroatoms. The SMILES string of the molecule is Fc1c(C(F)(F)F)[c]c(Cl)c(Cl)c1F. The van der Waals surface area contributed by atoms with E-state index >= 15 is 0 Å². The molecule has 1 aromatic carbocycles. The van der Waals surface area contributed by atoms with Gasteiger partial charge in [0.15, 0.2) is 11.6 Å². The first-order chi connectivity index (χ1) is 6.25. The molecule has 0 saturated carbocycles. The summed E-state index contributed by atoms with van der Waals surface area (Å²) >= 11 is 10.2. The molecule has 0 amide bonds. The van der Waals surface area contributed by atoms with Gasteiger partial charge in [-0.1, -0.05) is 23.2 Å². The summed E-state index contributed by atoms with van der Waals surface area (Å²) in [7, 11) is 0. The van der Waals surface area contributed by atoms with Crippen LogP contribution in [-0.2, 0) is 6.18 Å². The Kier molecular flexibility index (Phi) is 2.92. The standard InChI is InChI=1S/C7Cl2F5/c8-3-1-2(7(12,13)14)5(10)6(11)4(3)9. The van der Waals surface area contributed by atoms with Crippen LogP contribution in [0.1, 0.15) is 5.56 Å². The molecule has 0 aliphatic heterocycles. The van der Waals surface area contributed by atoms with Gasteiger partial charge in [-0.05, 0) is 0 Å². The normalized spacial score (nSPS) is 11.9. The van der Waals surface area contributed by atoms with E-state index in [0.29, 0.717) is 0 Å². The highest BCUT2D eigenvalue weighted by Crippen LogP contribution is 2.37. The molecule has 0 fully saturated rings. The van der Waals surface area contributed by atoms with E-state index in [4.69, 9.17) is 23.2 Å². The highest BCUT2D eigenvalue weighted by atomic mass is 35.5. The maximum atomic E-state index is 12.7. The smallest absolute Gasteiger partial charge is 0.203 e. The van der Waals surface area contributed by atoms with Gasteiger partial charge in [0.1, 0.15) is 5.56 Å². The Morgan fingerprint density at radius 3 is 1.93 bits per heavy atom. The van der Waals surface area contributed by atoms with Gasteiger partial charge in [0.25, 0.3) is 0 Å². The van der Waals surface area contributed by atoms with Gasteiger partial charge in [-0.15, -0.1) is 0 Å². The highest BCUT2D eigenvalue weighted by Gasteiger charge is 2.37. The second-order valence-electron chi connectivity index (χ2n) is 2.25. The van der Waals surface area contributed by atoms with E-state index in [1.165, 1.54) is 6.07 Å². The zero-order valence-electron chi connectivity index (χ0n) is 6.15. The number of rotatable bonds is 0. The van der Waals surface area contributed by atoms with Crippen molar-refractivity contribution in [2.24, 2.45) is 0 Å². The van der Waals surface area contributed by atoms with E-state index in [0.717, 1.165) is 0 Å². The van der Waals surface area contributed by atoms with Crippen molar-refractivity contribution >= 4 is 23.2 Å². The third kappa shape index (κ3) is 1.93. The molecule has 0 atom stereocenters. The zero-order valence-corrected chi connectivity index (χ0v) is 7.66. The summed E-state index contributed by atoms with van der Waals surface area (Å²) < 4.78 is 61.3. The fourth-order valence-electron chi connectivity index (χ4n) is 0.717. The van der Waals surface area contributed by atoms with Gasteiger partial charge in [-0.25, -0.2) is 8.78 Å². The van der Waals surface area contributed by atoms with Crippen molar-refractivity contribution in [1.82, 2.24) is 0 Å². The van der Waals surface area contributed by atoms with Crippen LogP contribution in [-0.4, -0.2) is 0 Å². The van der Waals surface area contributed by atoms with Crippen molar-refractivity contribution in [2.45, 2.75) is 6.18 Å². The lowest BCUT2D eigenvalue weighted by Crippen LogP contribution is -2.10. The molecule has 0 aliphatic rings. The Balaban J connectivity index is 3.49. The van der Waals surface area contributed by atoms with Crippen molar-refractivity contribution < 1.29 is 22.0 Å². The number of halogens is 7. The van der Waals surface area contributed by atoms with E-state index in [1.54, 1.807) is 0 Å². The van der Waals surface area contributed by atoms with Crippen LogP contribution in [0.25, 0.3) is 0 Å². The Labute approximate surface area is 85.2 Å². The molecule has 0 aromatic heterocycles. The van der Waals surface area contributed by atoms with Gasteiger partial charge in [0, 0.05) is 6.07 Å². The van der Waals surface area contributed by atoms with Crippen LogP contribution >= 0.6 is 23.2 Å². The molecular formula is C7Cl2F5. The minimum Gasteiger partial charge on any atom is -0.203 e. The Bertz CT molecular complexity index is 371. The predicted octanol–water partition coefficient (Wildman–Crippen LogP) is 4.09. The topological polar surface area (TPSA) is 0 Å². The van der Waals surface area contributed by atoms with Gasteiger partial charge in [0.2, 0.25) is 0 Å². The van der Waals surface area contributed by atoms with Crippen LogP contribution in [0.3, 0.4) is 0 Å². The summed E-state index contributed by atoms with van der Waals surface area (Å²) in [5, 5.41) is -1.73. The van der Waals surface area contributed by atoms with Crippen LogP contribution in [0.5, 0.6) is 0 Å². The summed E-state index contributed by atoms with van der Waals surface area (Å²) in [5.74, 6) is -3.94. The quantitative estimate of drug-likeness (QED) is 0.369. The zero-order chi connectivity index (χ0) is 11.1. The summed E-state index contributed by atoms with van der Waals surface area (Å²) in [5.41, 5.74) is -1.90. The van der Waals surface area contributed by atoms with Crippen LogP contribution in [0.15, 0.2) is 0 Å². The lowest BCUT2D eigenvalue weighted by molar-refractivity contribution is -0.140. The van der Waals surface area contributed by atoms with Gasteiger partial charge >= 0.3 is 6.18 Å². The van der Waals surface area contributed by atoms with Gasteiger partial charge < -0.3 is 0 Å². The third-order valence-electron chi connectivity index (χ3n) is 1.32. The Morgan fingerprint density at radius 2 is 1.50 bits per heavy atom. The average Bonchev–Trinajstić information content (AvgIpc) is 2.06. The average molecular weight is 250 g/mol. The fraction of sp³-hybridized carbons (Fsp3) is 0.143. The van der Waals surface area contributed by atoms with Crippen LogP contribution in [0.4, 0.5) is 22.0 Å². The third-order valence-corrected chi connectivity index (χ3v) is 2.05. The van der Waals surface area contributed by atoms with Crippen LogP contribution < -0.4 is 0 Å². The summed E-state index contributed by atoms with van der Waals surface area (Å²) in [6.07, 6.45) is -5.06. The first-order valence-corrected chi connectivity index (χ1v) is 3.83. The van der Waals surface area contributed by atoms with Gasteiger partial charge in [-0.3, -0.25) is 0 Å². The molecule has 0 spiro atoms. The van der Waals surface area contributed by atoms with Crippen molar-refractivity contribution in [2.75, 3.05) is 0 Å². The molecule has 0 aliphatic carbocycles. The van der Waals surface area contributed by atoms with Crippen molar-refractivity contribution in [3.63, 3.8) is 0 Å². The first kappa shape index (κ1) is 11.5. The maximum absolute atomic E-state index is 12.7. The summed E-state index contributed by atoms with van der Waals surface area (Å²) in [6, 6.07) is 1.42. The van der Waals surface area contributed by atoms with E-state index in [-0.39, 0.29) is 0 Å². The molecule has 0 heterocycles. The molecule has 77 valence electrons. The van der Waals surface area contributed by atoms with E-state index in [9.17, 15) is 22.0 Å². The van der Waals surface area contributed by atoms with Gasteiger partial charge in [-0.2, -0.15) is 13.2 Å². The van der Waals surface area contributed by atoms with E-state index in [2.05, 4.69) is 0 Å². The van der Waals surface area contributed by atoms with Crippen LogP contribution in [0.2, 0.25) is 10.0 Å². The lowest BCUT2D eigenvalue weighted by Gasteiger charge is -2.09. The molecule has 14 heavy (non-hydrogen) atoms. The minimum absolute atomic E-state index is 0.808. The molecule has 0 unspecified atom stereocenters. The number of hydrogen-bond donors (Lipinski definition) is 0. The summed E-state index contributed by atoms with van der Waals surface area (Å²) in [6.45, 7) is 0. The molecule has 0 nitrogen and oxygen atoms in total. The molecule has 0 bridgehead atoms. The largest absolute Gasteiger partial charge is 0.419 e. The summed E-state index contributed by atoms with van der Waals surface area (Å²) in [4.78, 5) is 0. The van der Waals surface area contributed by atoms with Crippen molar-refractivity contribution in [3.8, 4) is 0 Å². The first-order valence-electron chi connectivity index (χ1n) is 3.07. The minimum atomic E-state index is -5.06. The van der Waals surface area contributed by atoms with Crippen LogP contribution in [0, 0.1) is 17.7 Å². The Hall–Kier alpha value is -0.550. The molecule has 1 rings (SSSR count). The van der Waals surface area contributed by atoms with Crippen molar-refractivity contribution in [3.05, 3.63) is 33.3 Å². The number of alkyl halides is 3. The number of benzene rings is 1. The lowest BCUT2D eigenvalue weighted by atomic mass is 10.2. The molecule has 0 saturated heterocycles. The highest BCUT2D eigenvalue weighted by molar-refractivity contribution is 6.42. The monoisotopic (exact) mass is 249 g/mol. The van der Waals surface area contributed by atoms with E-state index in [1.807, 2.05) is 0 Å². The van der Waals surface area contributed by atoms with Gasteiger partial charge in [0.05, 0.1) is 10.0 Å². The fourth-order valence-corrected chi connectivity index (χ4v) is 1.02. The maximum Gasteiger partial charge on any atom is 0.419 e. The second kappa shape index (κ2) is 3.55. The van der Waals surface area contributed by atoms with Crippen molar-refractivity contribution in [1.29, 1.82) is 0 Å². The van der Waals surface area contributed by atoms with E-state index < -0.39 is 33.4 Å². The Morgan fingerprint density at radius 1 is 1.00 bits per heavy atom. The molecule has 1 radical (unpaired) electrons.